The molecule has 1 N–H and O–H groups in total. The molecular weight excluding hydrogens is 260 g/mol. The molecule has 1 fully saturated rings. The molecule has 0 spiro atoms. The van der Waals surface area contributed by atoms with Gasteiger partial charge in [-0.1, -0.05) is 0 Å². The van der Waals surface area contributed by atoms with Crippen LogP contribution in [0.1, 0.15) is 19.8 Å². The Morgan fingerprint density at radius 2 is 2.00 bits per heavy atom. The van der Waals surface area contributed by atoms with E-state index < -0.39 is 0 Å². The third-order valence-electron chi connectivity index (χ3n) is 3.34. The lowest BCUT2D eigenvalue weighted by Gasteiger charge is -2.32. The van der Waals surface area contributed by atoms with E-state index in [9.17, 15) is 4.79 Å². The van der Waals surface area contributed by atoms with Crippen LogP contribution in [0.4, 0.5) is 0 Å². The van der Waals surface area contributed by atoms with Gasteiger partial charge in [0, 0.05) is 33.4 Å². The number of likely N-dealkylation sites (tertiary alicyclic amines) is 1. The second kappa shape index (κ2) is 11.0. The van der Waals surface area contributed by atoms with Gasteiger partial charge in [0.15, 0.2) is 0 Å². The number of carbonyl (C=O) groups excluding carboxylic acids is 1. The molecule has 6 heteroatoms. The van der Waals surface area contributed by atoms with Crippen molar-refractivity contribution in [1.82, 2.24) is 10.2 Å². The summed E-state index contributed by atoms with van der Waals surface area (Å²) in [4.78, 5) is 13.8. The normalized spacial score (nSPS) is 16.6. The predicted molar refractivity (Wildman–Crippen MR) is 76.8 cm³/mol. The topological polar surface area (TPSA) is 60.0 Å². The number of ether oxygens (including phenoxy) is 3. The third kappa shape index (κ3) is 7.19. The van der Waals surface area contributed by atoms with E-state index in [1.165, 1.54) is 0 Å². The average Bonchev–Trinajstić information content (AvgIpc) is 2.48. The number of nitrogens with zero attached hydrogens (tertiary/aromatic N) is 1. The van der Waals surface area contributed by atoms with Crippen molar-refractivity contribution < 1.29 is 19.0 Å². The highest BCUT2D eigenvalue weighted by Gasteiger charge is 2.22. The van der Waals surface area contributed by atoms with E-state index in [2.05, 4.69) is 5.32 Å². The minimum absolute atomic E-state index is 0.161. The molecular formula is C14H28N2O4. The van der Waals surface area contributed by atoms with Gasteiger partial charge in [0.25, 0.3) is 0 Å². The molecule has 0 aromatic carbocycles. The van der Waals surface area contributed by atoms with Crippen LogP contribution in [-0.4, -0.2) is 76.6 Å². The molecule has 1 rings (SSSR count). The molecule has 1 heterocycles. The second-order valence-corrected chi connectivity index (χ2v) is 4.82. The highest BCUT2D eigenvalue weighted by atomic mass is 16.5. The van der Waals surface area contributed by atoms with E-state index >= 15 is 0 Å². The van der Waals surface area contributed by atoms with Gasteiger partial charge in [-0.15, -0.1) is 0 Å². The summed E-state index contributed by atoms with van der Waals surface area (Å²) in [5.74, 6) is 0.161. The largest absolute Gasteiger partial charge is 0.383 e. The fraction of sp³-hybridized carbons (Fsp3) is 0.929. The molecule has 1 aliphatic rings. The number of nitrogens with one attached hydrogen (secondary N) is 1. The van der Waals surface area contributed by atoms with Crippen molar-refractivity contribution in [3.05, 3.63) is 0 Å². The SMILES string of the molecule is CCOCCOC1CCN(C(=O)CNCCOC)CC1. The van der Waals surface area contributed by atoms with Gasteiger partial charge >= 0.3 is 0 Å². The average molecular weight is 288 g/mol. The Kier molecular flexibility index (Phi) is 9.57. The zero-order valence-electron chi connectivity index (χ0n) is 12.7. The first kappa shape index (κ1) is 17.4. The maximum atomic E-state index is 11.9. The lowest BCUT2D eigenvalue weighted by molar-refractivity contribution is -0.133. The Hall–Kier alpha value is -0.690. The smallest absolute Gasteiger partial charge is 0.236 e. The lowest BCUT2D eigenvalue weighted by atomic mass is 10.1. The van der Waals surface area contributed by atoms with E-state index in [0.717, 1.165) is 32.5 Å². The van der Waals surface area contributed by atoms with Crippen LogP contribution in [0.3, 0.4) is 0 Å². The minimum Gasteiger partial charge on any atom is -0.383 e. The molecule has 1 amide bonds. The van der Waals surface area contributed by atoms with Crippen LogP contribution in [0.2, 0.25) is 0 Å². The quantitative estimate of drug-likeness (QED) is 0.585. The molecule has 0 aromatic rings. The third-order valence-corrected chi connectivity index (χ3v) is 3.34. The van der Waals surface area contributed by atoms with Gasteiger partial charge < -0.3 is 24.4 Å². The fourth-order valence-corrected chi connectivity index (χ4v) is 2.17. The first-order valence-corrected chi connectivity index (χ1v) is 7.44. The Morgan fingerprint density at radius 3 is 2.65 bits per heavy atom. The van der Waals surface area contributed by atoms with Crippen LogP contribution in [0.15, 0.2) is 0 Å². The lowest BCUT2D eigenvalue weighted by Crippen LogP contribution is -2.45. The van der Waals surface area contributed by atoms with Crippen molar-refractivity contribution >= 4 is 5.91 Å². The molecule has 0 aliphatic carbocycles. The number of piperidine rings is 1. The molecule has 6 nitrogen and oxygen atoms in total. The van der Waals surface area contributed by atoms with Crippen molar-refractivity contribution in [2.45, 2.75) is 25.9 Å². The van der Waals surface area contributed by atoms with Gasteiger partial charge in [0.05, 0.1) is 32.5 Å². The molecule has 1 aliphatic heterocycles. The molecule has 0 bridgehead atoms. The summed E-state index contributed by atoms with van der Waals surface area (Å²) in [7, 11) is 1.65. The van der Waals surface area contributed by atoms with Crippen molar-refractivity contribution in [3.63, 3.8) is 0 Å². The summed E-state index contributed by atoms with van der Waals surface area (Å²) in [6.07, 6.45) is 2.09. The summed E-state index contributed by atoms with van der Waals surface area (Å²) < 4.78 is 15.9. The zero-order chi connectivity index (χ0) is 14.6. The van der Waals surface area contributed by atoms with Crippen LogP contribution in [0.25, 0.3) is 0 Å². The first-order valence-electron chi connectivity index (χ1n) is 7.44. The van der Waals surface area contributed by atoms with E-state index in [1.54, 1.807) is 7.11 Å². The molecule has 0 atom stereocenters. The van der Waals surface area contributed by atoms with Crippen LogP contribution in [0.5, 0.6) is 0 Å². The van der Waals surface area contributed by atoms with Crippen LogP contribution in [0, 0.1) is 0 Å². The van der Waals surface area contributed by atoms with Gasteiger partial charge in [0.1, 0.15) is 0 Å². The van der Waals surface area contributed by atoms with Crippen molar-refractivity contribution in [2.24, 2.45) is 0 Å². The molecule has 0 radical (unpaired) electrons. The van der Waals surface area contributed by atoms with Crippen molar-refractivity contribution in [2.75, 3.05) is 59.7 Å². The Bertz CT molecular complexity index is 256. The number of rotatable bonds is 10. The molecule has 0 aromatic heterocycles. The molecule has 0 unspecified atom stereocenters. The van der Waals surface area contributed by atoms with Crippen molar-refractivity contribution in [1.29, 1.82) is 0 Å². The molecule has 118 valence electrons. The zero-order valence-corrected chi connectivity index (χ0v) is 12.7. The van der Waals surface area contributed by atoms with Crippen molar-refractivity contribution in [3.8, 4) is 0 Å². The number of hydrogen-bond donors (Lipinski definition) is 1. The Balaban J connectivity index is 2.07. The van der Waals surface area contributed by atoms with E-state index in [-0.39, 0.29) is 12.0 Å². The highest BCUT2D eigenvalue weighted by Crippen LogP contribution is 2.13. The Labute approximate surface area is 121 Å². The highest BCUT2D eigenvalue weighted by molar-refractivity contribution is 5.78. The van der Waals surface area contributed by atoms with Crippen LogP contribution >= 0.6 is 0 Å². The van der Waals surface area contributed by atoms with E-state index in [1.807, 2.05) is 11.8 Å². The van der Waals surface area contributed by atoms with Crippen LogP contribution < -0.4 is 5.32 Å². The maximum absolute atomic E-state index is 11.9. The summed E-state index contributed by atoms with van der Waals surface area (Å²) in [6, 6.07) is 0. The fourth-order valence-electron chi connectivity index (χ4n) is 2.17. The van der Waals surface area contributed by atoms with Gasteiger partial charge in [-0.2, -0.15) is 0 Å². The number of hydrogen-bond acceptors (Lipinski definition) is 5. The summed E-state index contributed by atoms with van der Waals surface area (Å²) >= 11 is 0. The standard InChI is InChI=1S/C14H28N2O4/c1-3-19-10-11-20-13-4-7-16(8-5-13)14(17)12-15-6-9-18-2/h13,15H,3-12H2,1-2H3. The molecule has 0 saturated carbocycles. The monoisotopic (exact) mass is 288 g/mol. The van der Waals surface area contributed by atoms with Gasteiger partial charge in [-0.05, 0) is 19.8 Å². The second-order valence-electron chi connectivity index (χ2n) is 4.82. The summed E-state index contributed by atoms with van der Waals surface area (Å²) in [5, 5.41) is 3.08. The van der Waals surface area contributed by atoms with Gasteiger partial charge in [-0.25, -0.2) is 0 Å². The summed E-state index contributed by atoms with van der Waals surface area (Å²) in [6.45, 7) is 7.29. The predicted octanol–water partition coefficient (Wildman–Crippen LogP) is 0.267. The number of carbonyl (C=O) groups is 1. The maximum Gasteiger partial charge on any atom is 0.236 e. The van der Waals surface area contributed by atoms with Crippen LogP contribution in [-0.2, 0) is 19.0 Å². The minimum atomic E-state index is 0.161. The molecule has 1 saturated heterocycles. The number of amides is 1. The number of methoxy groups -OCH3 is 1. The van der Waals surface area contributed by atoms with Gasteiger partial charge in [0.2, 0.25) is 5.91 Å². The first-order chi connectivity index (χ1) is 9.77. The van der Waals surface area contributed by atoms with Gasteiger partial charge in [-0.3, -0.25) is 4.79 Å². The summed E-state index contributed by atoms with van der Waals surface area (Å²) in [5.41, 5.74) is 0. The van der Waals surface area contributed by atoms with E-state index in [0.29, 0.717) is 32.9 Å². The van der Waals surface area contributed by atoms with E-state index in [4.69, 9.17) is 14.2 Å². The molecule has 20 heavy (non-hydrogen) atoms. The Morgan fingerprint density at radius 1 is 1.25 bits per heavy atom.